The van der Waals surface area contributed by atoms with Gasteiger partial charge in [0.15, 0.2) is 0 Å². The number of ether oxygens (including phenoxy) is 2. The van der Waals surface area contributed by atoms with Gasteiger partial charge in [-0.05, 0) is 72.9 Å². The monoisotopic (exact) mass is 504 g/mol. The van der Waals surface area contributed by atoms with Gasteiger partial charge < -0.3 is 14.4 Å². The number of hydrogen-bond donors (Lipinski definition) is 0. The highest BCUT2D eigenvalue weighted by Gasteiger charge is 2.27. The van der Waals surface area contributed by atoms with Gasteiger partial charge in [-0.1, -0.05) is 25.1 Å². The van der Waals surface area contributed by atoms with Crippen molar-refractivity contribution in [2.24, 2.45) is 0 Å². The molecule has 0 saturated heterocycles. The van der Waals surface area contributed by atoms with Gasteiger partial charge >= 0.3 is 5.97 Å². The maximum Gasteiger partial charge on any atom is 0.310 e. The molecule has 1 aliphatic heterocycles. The molecule has 6 nitrogen and oxygen atoms in total. The summed E-state index contributed by atoms with van der Waals surface area (Å²) in [5.74, 6) is 0.0633. The van der Waals surface area contributed by atoms with E-state index < -0.39 is 0 Å². The quantitative estimate of drug-likeness (QED) is 0.362. The lowest BCUT2D eigenvalue weighted by atomic mass is 9.89. The lowest BCUT2D eigenvalue weighted by molar-refractivity contribution is -0.142. The molecule has 1 amide bonds. The molecule has 1 aromatic heterocycles. The summed E-state index contributed by atoms with van der Waals surface area (Å²) in [5.41, 5.74) is 4.64. The Labute approximate surface area is 217 Å². The maximum atomic E-state index is 14.9. The molecule has 194 valence electrons. The molecular formula is C30H33FN2O4. The number of benzene rings is 2. The maximum absolute atomic E-state index is 14.9. The van der Waals surface area contributed by atoms with Gasteiger partial charge in [0.25, 0.3) is 0 Å². The molecule has 3 aromatic rings. The van der Waals surface area contributed by atoms with Crippen LogP contribution in [0.3, 0.4) is 0 Å². The molecule has 0 N–H and O–H groups in total. The van der Waals surface area contributed by atoms with Crippen molar-refractivity contribution in [2.75, 3.05) is 19.8 Å². The highest BCUT2D eigenvalue weighted by atomic mass is 19.1. The van der Waals surface area contributed by atoms with E-state index in [0.717, 1.165) is 27.9 Å². The van der Waals surface area contributed by atoms with Gasteiger partial charge in [0, 0.05) is 42.9 Å². The number of fused-ring (bicyclic) bond motifs is 1. The first-order valence-corrected chi connectivity index (χ1v) is 12.8. The zero-order valence-corrected chi connectivity index (χ0v) is 21.6. The molecule has 4 rings (SSSR count). The minimum atomic E-state index is -0.308. The highest BCUT2D eigenvalue weighted by Crippen LogP contribution is 2.38. The van der Waals surface area contributed by atoms with Crippen LogP contribution in [0.1, 0.15) is 55.5 Å². The summed E-state index contributed by atoms with van der Waals surface area (Å²) in [7, 11) is 0. The van der Waals surface area contributed by atoms with Gasteiger partial charge in [-0.2, -0.15) is 0 Å². The molecule has 0 fully saturated rings. The third-order valence-corrected chi connectivity index (χ3v) is 6.67. The smallest absolute Gasteiger partial charge is 0.310 e. The van der Waals surface area contributed by atoms with Crippen molar-refractivity contribution >= 4 is 11.9 Å². The van der Waals surface area contributed by atoms with Crippen LogP contribution >= 0.6 is 0 Å². The van der Waals surface area contributed by atoms with Crippen LogP contribution < -0.4 is 4.74 Å². The Kier molecular flexibility index (Phi) is 8.54. The first-order chi connectivity index (χ1) is 17.9. The van der Waals surface area contributed by atoms with Gasteiger partial charge in [0.2, 0.25) is 5.91 Å². The number of pyridine rings is 1. The second kappa shape index (κ2) is 12.0. The van der Waals surface area contributed by atoms with Gasteiger partial charge in [0.05, 0.1) is 19.6 Å². The van der Waals surface area contributed by atoms with Crippen LogP contribution in [-0.4, -0.2) is 41.5 Å². The normalized spacial score (nSPS) is 13.6. The summed E-state index contributed by atoms with van der Waals surface area (Å²) in [6.07, 6.45) is 2.63. The topological polar surface area (TPSA) is 68.7 Å². The van der Waals surface area contributed by atoms with Gasteiger partial charge in [-0.25, -0.2) is 4.39 Å². The van der Waals surface area contributed by atoms with Crippen molar-refractivity contribution in [3.05, 3.63) is 82.9 Å². The fraction of sp³-hybridized carbons (Fsp3) is 0.367. The van der Waals surface area contributed by atoms with E-state index in [-0.39, 0.29) is 30.0 Å². The summed E-state index contributed by atoms with van der Waals surface area (Å²) < 4.78 is 25.9. The minimum absolute atomic E-state index is 0.0140. The van der Waals surface area contributed by atoms with Crippen LogP contribution in [0.25, 0.3) is 11.1 Å². The molecule has 0 aliphatic carbocycles. The van der Waals surface area contributed by atoms with E-state index in [1.807, 2.05) is 50.2 Å². The van der Waals surface area contributed by atoms with Crippen molar-refractivity contribution in [3.63, 3.8) is 0 Å². The summed E-state index contributed by atoms with van der Waals surface area (Å²) in [6.45, 7) is 7.22. The molecule has 0 spiro atoms. The van der Waals surface area contributed by atoms with E-state index in [9.17, 15) is 14.0 Å². The van der Waals surface area contributed by atoms with Crippen molar-refractivity contribution in [2.45, 2.75) is 52.5 Å². The number of aromatic nitrogens is 1. The molecule has 37 heavy (non-hydrogen) atoms. The molecule has 0 radical (unpaired) electrons. The van der Waals surface area contributed by atoms with E-state index in [1.165, 1.54) is 6.07 Å². The van der Waals surface area contributed by atoms with E-state index in [0.29, 0.717) is 50.5 Å². The Bertz CT molecular complexity index is 1260. The average Bonchev–Trinajstić information content (AvgIpc) is 2.90. The van der Waals surface area contributed by atoms with Crippen LogP contribution in [0, 0.1) is 5.82 Å². The summed E-state index contributed by atoms with van der Waals surface area (Å²) in [5, 5.41) is 0. The summed E-state index contributed by atoms with van der Waals surface area (Å²) in [6, 6.07) is 14.5. The second-order valence-electron chi connectivity index (χ2n) is 9.22. The van der Waals surface area contributed by atoms with E-state index >= 15 is 0 Å². The van der Waals surface area contributed by atoms with Crippen molar-refractivity contribution in [1.82, 2.24) is 9.88 Å². The van der Waals surface area contributed by atoms with Crippen molar-refractivity contribution in [3.8, 4) is 16.9 Å². The minimum Gasteiger partial charge on any atom is -0.493 e. The average molecular weight is 505 g/mol. The van der Waals surface area contributed by atoms with E-state index in [4.69, 9.17) is 9.47 Å². The number of hydrogen-bond acceptors (Lipinski definition) is 5. The zero-order valence-electron chi connectivity index (χ0n) is 21.6. The highest BCUT2D eigenvalue weighted by molar-refractivity contribution is 5.80. The summed E-state index contributed by atoms with van der Waals surface area (Å²) in [4.78, 5) is 31.5. The van der Waals surface area contributed by atoms with Gasteiger partial charge in [0.1, 0.15) is 11.6 Å². The van der Waals surface area contributed by atoms with Crippen LogP contribution in [0.5, 0.6) is 5.75 Å². The van der Waals surface area contributed by atoms with Crippen molar-refractivity contribution in [1.29, 1.82) is 0 Å². The van der Waals surface area contributed by atoms with Crippen molar-refractivity contribution < 1.29 is 23.5 Å². The van der Waals surface area contributed by atoms with Crippen LogP contribution in [0.15, 0.2) is 54.7 Å². The van der Waals surface area contributed by atoms with Gasteiger partial charge in [-0.15, -0.1) is 0 Å². The van der Waals surface area contributed by atoms with E-state index in [1.54, 1.807) is 24.1 Å². The molecule has 2 aromatic carbocycles. The number of nitrogens with zero attached hydrogens (tertiary/aromatic N) is 2. The fourth-order valence-corrected chi connectivity index (χ4v) is 4.82. The fourth-order valence-electron chi connectivity index (χ4n) is 4.82. The van der Waals surface area contributed by atoms with Gasteiger partial charge in [-0.3, -0.25) is 14.6 Å². The summed E-state index contributed by atoms with van der Waals surface area (Å²) >= 11 is 0. The standard InChI is InChI=1S/C30H33FN2O4/c1-4-36-28-12-9-21(18-30(35)37-5-2)17-24(28)22-10-11-26(31)23-13-15-33(19-25(22)23)29(34)16-20(3)27-8-6-7-14-32-27/h6-12,14,17,20H,4-5,13,15-16,18-19H2,1-3H3. The molecule has 0 bridgehead atoms. The Hall–Kier alpha value is -3.74. The SMILES string of the molecule is CCOC(=O)Cc1ccc(OCC)c(-c2ccc(F)c3c2CN(C(=O)CC(C)c2ccccn2)CC3)c1. The molecule has 2 heterocycles. The third-order valence-electron chi connectivity index (χ3n) is 6.67. The molecule has 0 saturated carbocycles. The third kappa shape index (κ3) is 6.16. The molecule has 1 aliphatic rings. The zero-order chi connectivity index (χ0) is 26.4. The number of carbonyl (C=O) groups is 2. The van der Waals surface area contributed by atoms with E-state index in [2.05, 4.69) is 4.98 Å². The molecular weight excluding hydrogens is 471 g/mol. The number of rotatable bonds is 9. The Morgan fingerprint density at radius 1 is 1.05 bits per heavy atom. The Morgan fingerprint density at radius 2 is 1.89 bits per heavy atom. The molecule has 1 unspecified atom stereocenters. The first-order valence-electron chi connectivity index (χ1n) is 12.8. The number of halogens is 1. The predicted octanol–water partition coefficient (Wildman–Crippen LogP) is 5.47. The molecule has 1 atom stereocenters. The number of carbonyl (C=O) groups excluding carboxylic acids is 2. The number of esters is 1. The first kappa shape index (κ1) is 26.3. The largest absolute Gasteiger partial charge is 0.493 e. The number of amides is 1. The lowest BCUT2D eigenvalue weighted by Crippen LogP contribution is -2.37. The lowest BCUT2D eigenvalue weighted by Gasteiger charge is -2.32. The second-order valence-corrected chi connectivity index (χ2v) is 9.22. The van der Waals surface area contributed by atoms with Crippen LogP contribution in [-0.2, 0) is 33.7 Å². The Balaban J connectivity index is 1.65. The van der Waals surface area contributed by atoms with Crippen LogP contribution in [0.2, 0.25) is 0 Å². The predicted molar refractivity (Wildman–Crippen MR) is 140 cm³/mol. The Morgan fingerprint density at radius 3 is 2.62 bits per heavy atom. The molecule has 7 heteroatoms. The van der Waals surface area contributed by atoms with Crippen LogP contribution in [0.4, 0.5) is 4.39 Å².